The highest BCUT2D eigenvalue weighted by Gasteiger charge is 2.34. The number of ether oxygens (including phenoxy) is 1. The van der Waals surface area contributed by atoms with Gasteiger partial charge in [0.15, 0.2) is 6.10 Å². The molecule has 1 aliphatic rings. The van der Waals surface area contributed by atoms with Crippen molar-refractivity contribution in [2.24, 2.45) is 5.73 Å². The molecule has 2 amide bonds. The van der Waals surface area contributed by atoms with Crippen molar-refractivity contribution in [3.05, 3.63) is 78.5 Å². The average molecular weight is 391 g/mol. The third-order valence-electron chi connectivity index (χ3n) is 4.30. The maximum absolute atomic E-state index is 13.4. The van der Waals surface area contributed by atoms with Gasteiger partial charge in [-0.05, 0) is 36.4 Å². The van der Waals surface area contributed by atoms with Crippen LogP contribution in [-0.2, 0) is 4.79 Å². The molecule has 0 bridgehead atoms. The summed E-state index contributed by atoms with van der Waals surface area (Å²) in [5.74, 6) is -0.419. The summed E-state index contributed by atoms with van der Waals surface area (Å²) >= 11 is 1.41. The van der Waals surface area contributed by atoms with E-state index in [9.17, 15) is 9.59 Å². The highest BCUT2D eigenvalue weighted by Crippen LogP contribution is 2.36. The van der Waals surface area contributed by atoms with Gasteiger partial charge in [-0.25, -0.2) is 4.98 Å². The summed E-state index contributed by atoms with van der Waals surface area (Å²) in [7, 11) is 0. The topological polar surface area (TPSA) is 85.5 Å². The number of carbonyl (C=O) groups is 2. The van der Waals surface area contributed by atoms with Crippen molar-refractivity contribution in [2.75, 3.05) is 11.4 Å². The summed E-state index contributed by atoms with van der Waals surface area (Å²) in [5, 5.41) is 0.596. The molecule has 1 aliphatic heterocycles. The Hall–Kier alpha value is -3.32. The fraction of sp³-hybridized carbons (Fsp3) is 0.0952. The number of fused-ring (bicyclic) bond motifs is 1. The molecule has 2 aromatic carbocycles. The van der Waals surface area contributed by atoms with E-state index < -0.39 is 12.0 Å². The van der Waals surface area contributed by atoms with E-state index in [4.69, 9.17) is 10.5 Å². The lowest BCUT2D eigenvalue weighted by Crippen LogP contribution is -2.49. The number of rotatable bonds is 4. The van der Waals surface area contributed by atoms with Gasteiger partial charge in [-0.3, -0.25) is 9.59 Å². The Balaban J connectivity index is 1.71. The molecule has 4 rings (SSSR count). The number of carbonyl (C=O) groups excluding carboxylic acids is 2. The highest BCUT2D eigenvalue weighted by atomic mass is 32.2. The summed E-state index contributed by atoms with van der Waals surface area (Å²) in [6.07, 6.45) is 0.752. The van der Waals surface area contributed by atoms with Crippen molar-refractivity contribution in [3.8, 4) is 5.75 Å². The monoisotopic (exact) mass is 391 g/mol. The van der Waals surface area contributed by atoms with Crippen molar-refractivity contribution < 1.29 is 14.3 Å². The molecule has 0 saturated carbocycles. The largest absolute Gasteiger partial charge is 0.477 e. The second-order valence-electron chi connectivity index (χ2n) is 6.16. The molecule has 140 valence electrons. The molecular weight excluding hydrogens is 374 g/mol. The number of hydrogen-bond donors (Lipinski definition) is 1. The second kappa shape index (κ2) is 7.74. The number of benzene rings is 2. The van der Waals surface area contributed by atoms with Gasteiger partial charge in [0.25, 0.3) is 11.8 Å². The predicted octanol–water partition coefficient (Wildman–Crippen LogP) is 3.13. The number of anilines is 1. The summed E-state index contributed by atoms with van der Waals surface area (Å²) < 4.78 is 5.65. The molecule has 2 N–H and O–H groups in total. The first-order chi connectivity index (χ1) is 13.6. The van der Waals surface area contributed by atoms with Crippen LogP contribution in [-0.4, -0.2) is 29.4 Å². The van der Waals surface area contributed by atoms with Gasteiger partial charge in [0.2, 0.25) is 0 Å². The van der Waals surface area contributed by atoms with Crippen LogP contribution in [0.25, 0.3) is 0 Å². The lowest BCUT2D eigenvalue weighted by atomic mass is 10.1. The summed E-state index contributed by atoms with van der Waals surface area (Å²) in [6.45, 7) is 0.0511. The van der Waals surface area contributed by atoms with E-state index in [0.29, 0.717) is 22.0 Å². The van der Waals surface area contributed by atoms with E-state index in [1.54, 1.807) is 36.5 Å². The number of pyridine rings is 1. The Kier molecular flexibility index (Phi) is 4.99. The summed E-state index contributed by atoms with van der Waals surface area (Å²) in [6, 6.07) is 20.3. The fourth-order valence-electron chi connectivity index (χ4n) is 2.96. The molecule has 0 saturated heterocycles. The molecule has 7 heteroatoms. The second-order valence-corrected chi connectivity index (χ2v) is 7.23. The number of primary amides is 1. The van der Waals surface area contributed by atoms with Crippen LogP contribution in [0.3, 0.4) is 0 Å². The molecule has 0 radical (unpaired) electrons. The molecule has 0 fully saturated rings. The van der Waals surface area contributed by atoms with Gasteiger partial charge >= 0.3 is 0 Å². The van der Waals surface area contributed by atoms with Crippen LogP contribution in [0.2, 0.25) is 0 Å². The Morgan fingerprint density at radius 2 is 1.79 bits per heavy atom. The minimum atomic E-state index is -0.902. The maximum Gasteiger partial charge on any atom is 0.261 e. The van der Waals surface area contributed by atoms with Crippen molar-refractivity contribution in [1.82, 2.24) is 4.98 Å². The fourth-order valence-corrected chi connectivity index (χ4v) is 3.85. The molecule has 0 spiro atoms. The van der Waals surface area contributed by atoms with Crippen molar-refractivity contribution >= 4 is 29.3 Å². The first-order valence-corrected chi connectivity index (χ1v) is 9.50. The van der Waals surface area contributed by atoms with Crippen molar-refractivity contribution in [1.29, 1.82) is 0 Å². The van der Waals surface area contributed by atoms with E-state index in [1.807, 2.05) is 36.4 Å². The van der Waals surface area contributed by atoms with Crippen LogP contribution in [0.15, 0.2) is 82.8 Å². The molecule has 0 unspecified atom stereocenters. The van der Waals surface area contributed by atoms with Gasteiger partial charge in [0.05, 0.1) is 17.8 Å². The number of nitrogens with zero attached hydrogens (tertiary/aromatic N) is 2. The van der Waals surface area contributed by atoms with Crippen molar-refractivity contribution in [2.45, 2.75) is 16.0 Å². The lowest BCUT2D eigenvalue weighted by Gasteiger charge is -2.33. The number of nitrogens with two attached hydrogens (primary N) is 1. The van der Waals surface area contributed by atoms with E-state index >= 15 is 0 Å². The van der Waals surface area contributed by atoms with Gasteiger partial charge in [0, 0.05) is 11.1 Å². The summed E-state index contributed by atoms with van der Waals surface area (Å²) in [4.78, 5) is 32.0. The normalized spacial score (nSPS) is 15.4. The first-order valence-electron chi connectivity index (χ1n) is 8.68. The quantitative estimate of drug-likeness (QED) is 0.739. The zero-order valence-electron chi connectivity index (χ0n) is 14.8. The van der Waals surface area contributed by atoms with E-state index in [0.717, 1.165) is 4.90 Å². The first kappa shape index (κ1) is 18.1. The lowest BCUT2D eigenvalue weighted by molar-refractivity contribution is -0.124. The van der Waals surface area contributed by atoms with Crippen LogP contribution < -0.4 is 15.4 Å². The van der Waals surface area contributed by atoms with Crippen molar-refractivity contribution in [3.63, 3.8) is 0 Å². The van der Waals surface area contributed by atoms with Gasteiger partial charge in [0.1, 0.15) is 10.8 Å². The molecule has 0 aliphatic carbocycles. The van der Waals surface area contributed by atoms with Crippen LogP contribution in [0.5, 0.6) is 5.75 Å². The molecule has 1 aromatic heterocycles. The Labute approximate surface area is 166 Å². The minimum absolute atomic E-state index is 0.0511. The summed E-state index contributed by atoms with van der Waals surface area (Å²) in [5.41, 5.74) is 6.50. The molecule has 28 heavy (non-hydrogen) atoms. The Bertz CT molecular complexity index is 1030. The zero-order valence-corrected chi connectivity index (χ0v) is 15.6. The molecule has 1 atom stereocenters. The van der Waals surface area contributed by atoms with E-state index in [1.165, 1.54) is 16.7 Å². The van der Waals surface area contributed by atoms with Gasteiger partial charge in [-0.2, -0.15) is 0 Å². The minimum Gasteiger partial charge on any atom is -0.477 e. The van der Waals surface area contributed by atoms with Gasteiger partial charge in [-0.15, -0.1) is 0 Å². The third-order valence-corrected chi connectivity index (χ3v) is 5.32. The standard InChI is InChI=1S/C21H17N3O3S/c22-19(25)18-13-24(16-10-4-5-11-17(16)27-18)21(26)15-9-6-12-23-20(15)28-14-7-2-1-3-8-14/h1-12,18H,13H2,(H2,22,25)/t18-/m1/s1. The van der Waals surface area contributed by atoms with Gasteiger partial charge in [-0.1, -0.05) is 42.1 Å². The highest BCUT2D eigenvalue weighted by molar-refractivity contribution is 7.99. The molecule has 3 aromatic rings. The molecule has 6 nitrogen and oxygen atoms in total. The van der Waals surface area contributed by atoms with E-state index in [-0.39, 0.29) is 12.5 Å². The number of aromatic nitrogens is 1. The molecular formula is C21H17N3O3S. The number of amides is 2. The van der Waals surface area contributed by atoms with E-state index in [2.05, 4.69) is 4.98 Å². The Morgan fingerprint density at radius 1 is 1.04 bits per heavy atom. The van der Waals surface area contributed by atoms with Crippen LogP contribution in [0.4, 0.5) is 5.69 Å². The number of hydrogen-bond acceptors (Lipinski definition) is 5. The van der Waals surface area contributed by atoms with Crippen LogP contribution in [0, 0.1) is 0 Å². The SMILES string of the molecule is NC(=O)[C@H]1CN(C(=O)c2cccnc2Sc2ccccc2)c2ccccc2O1. The van der Waals surface area contributed by atoms with Crippen LogP contribution in [0.1, 0.15) is 10.4 Å². The Morgan fingerprint density at radius 3 is 2.57 bits per heavy atom. The zero-order chi connectivity index (χ0) is 19.5. The van der Waals surface area contributed by atoms with Crippen LogP contribution >= 0.6 is 11.8 Å². The number of para-hydroxylation sites is 2. The third kappa shape index (κ3) is 3.57. The maximum atomic E-state index is 13.4. The smallest absolute Gasteiger partial charge is 0.261 e. The predicted molar refractivity (Wildman–Crippen MR) is 107 cm³/mol. The molecule has 2 heterocycles. The average Bonchev–Trinajstić information content (AvgIpc) is 2.73. The van der Waals surface area contributed by atoms with Gasteiger partial charge < -0.3 is 15.4 Å².